The molecule has 1 spiro atoms. The van der Waals surface area contributed by atoms with E-state index in [0.717, 1.165) is 73.9 Å². The Kier molecular flexibility index (Phi) is 6.82. The number of carbonyl (C=O) groups is 1. The number of aromatic nitrogens is 4. The molecule has 3 fully saturated rings. The van der Waals surface area contributed by atoms with E-state index in [1.165, 1.54) is 31.6 Å². The van der Waals surface area contributed by atoms with Crippen molar-refractivity contribution in [2.24, 2.45) is 12.5 Å². The van der Waals surface area contributed by atoms with Gasteiger partial charge in [0.25, 0.3) is 6.43 Å². The molecule has 1 aromatic carbocycles. The van der Waals surface area contributed by atoms with Gasteiger partial charge in [0.2, 0.25) is 5.91 Å². The maximum Gasteiger partial charge on any atom is 0.264 e. The van der Waals surface area contributed by atoms with Crippen molar-refractivity contribution in [1.82, 2.24) is 34.7 Å². The summed E-state index contributed by atoms with van der Waals surface area (Å²) in [6.07, 6.45) is 8.10. The highest BCUT2D eigenvalue weighted by atomic mass is 19.3. The van der Waals surface area contributed by atoms with E-state index in [1.54, 1.807) is 37.1 Å². The van der Waals surface area contributed by atoms with Gasteiger partial charge in [-0.2, -0.15) is 10.2 Å². The molecule has 5 aliphatic rings. The second-order valence-electron chi connectivity index (χ2n) is 13.8. The Hall–Kier alpha value is -3.31. The average Bonchev–Trinajstić information content (AvgIpc) is 3.58. The molecule has 4 aliphatic heterocycles. The van der Waals surface area contributed by atoms with Crippen molar-refractivity contribution >= 4 is 17.4 Å². The lowest BCUT2D eigenvalue weighted by Crippen LogP contribution is -2.65. The molecule has 1 N–H and O–H groups in total. The number of alkyl halides is 2. The first-order valence-corrected chi connectivity index (χ1v) is 16.3. The highest BCUT2D eigenvalue weighted by molar-refractivity contribution is 5.78. The van der Waals surface area contributed by atoms with Crippen LogP contribution in [0.4, 0.5) is 20.3 Å². The maximum absolute atomic E-state index is 14.5. The predicted octanol–water partition coefficient (Wildman–Crippen LogP) is 4.60. The monoisotopic (exact) mass is 604 g/mol. The second kappa shape index (κ2) is 10.7. The van der Waals surface area contributed by atoms with Crippen LogP contribution in [0.2, 0.25) is 0 Å². The van der Waals surface area contributed by atoms with Crippen LogP contribution in [0, 0.1) is 5.41 Å². The Labute approximate surface area is 257 Å². The van der Waals surface area contributed by atoms with Crippen LogP contribution >= 0.6 is 0 Å². The quantitative estimate of drug-likeness (QED) is 0.459. The van der Waals surface area contributed by atoms with Crippen molar-refractivity contribution in [1.29, 1.82) is 0 Å². The van der Waals surface area contributed by atoms with E-state index in [4.69, 9.17) is 5.10 Å². The van der Waals surface area contributed by atoms with Gasteiger partial charge >= 0.3 is 0 Å². The number of piperidine rings is 1. The van der Waals surface area contributed by atoms with Gasteiger partial charge in [-0.3, -0.25) is 14.2 Å². The van der Waals surface area contributed by atoms with E-state index in [9.17, 15) is 13.6 Å². The molecule has 44 heavy (non-hydrogen) atoms. The van der Waals surface area contributed by atoms with E-state index >= 15 is 0 Å². The molecule has 234 valence electrons. The third-order valence-electron chi connectivity index (χ3n) is 11.1. The number of amides is 1. The third-order valence-corrected chi connectivity index (χ3v) is 11.1. The van der Waals surface area contributed by atoms with Crippen LogP contribution < -0.4 is 10.2 Å². The molecule has 11 heteroatoms. The Bertz CT molecular complexity index is 1580. The lowest BCUT2D eigenvalue weighted by Gasteiger charge is -2.58. The van der Waals surface area contributed by atoms with Gasteiger partial charge in [0.1, 0.15) is 0 Å². The minimum absolute atomic E-state index is 0.0186. The first kappa shape index (κ1) is 28.2. The topological polar surface area (TPSA) is 74.5 Å². The predicted molar refractivity (Wildman–Crippen MR) is 164 cm³/mol. The Balaban J connectivity index is 1.12. The summed E-state index contributed by atoms with van der Waals surface area (Å²) in [5.74, 6) is 0.893. The van der Waals surface area contributed by atoms with Crippen LogP contribution in [0.5, 0.6) is 0 Å². The van der Waals surface area contributed by atoms with E-state index in [2.05, 4.69) is 24.9 Å². The van der Waals surface area contributed by atoms with Crippen molar-refractivity contribution in [3.05, 3.63) is 46.9 Å². The lowest BCUT2D eigenvalue weighted by atomic mass is 9.61. The maximum atomic E-state index is 14.5. The number of benzene rings is 1. The fourth-order valence-corrected chi connectivity index (χ4v) is 8.54. The Morgan fingerprint density at radius 2 is 1.86 bits per heavy atom. The minimum atomic E-state index is -2.62. The van der Waals surface area contributed by atoms with Gasteiger partial charge in [-0.25, -0.2) is 8.78 Å². The van der Waals surface area contributed by atoms with Crippen LogP contribution in [0.3, 0.4) is 0 Å². The zero-order chi connectivity index (χ0) is 30.2. The largest absolute Gasteiger partial charge is 0.338 e. The summed E-state index contributed by atoms with van der Waals surface area (Å²) in [4.78, 5) is 19.2. The smallest absolute Gasteiger partial charge is 0.264 e. The van der Waals surface area contributed by atoms with E-state index in [-0.39, 0.29) is 11.5 Å². The zero-order valence-corrected chi connectivity index (χ0v) is 25.7. The summed E-state index contributed by atoms with van der Waals surface area (Å²) in [6, 6.07) is 4.64. The molecule has 0 bridgehead atoms. The molecule has 0 unspecified atom stereocenters. The van der Waals surface area contributed by atoms with E-state index in [0.29, 0.717) is 42.2 Å². The van der Waals surface area contributed by atoms with Crippen molar-refractivity contribution < 1.29 is 13.6 Å². The van der Waals surface area contributed by atoms with E-state index < -0.39 is 6.43 Å². The first-order chi connectivity index (χ1) is 21.3. The summed E-state index contributed by atoms with van der Waals surface area (Å²) >= 11 is 0. The van der Waals surface area contributed by atoms with Crippen LogP contribution in [-0.4, -0.2) is 80.6 Å². The van der Waals surface area contributed by atoms with Gasteiger partial charge in [0, 0.05) is 100.0 Å². The number of likely N-dealkylation sites (tertiary alicyclic amines) is 1. The number of carbonyl (C=O) groups excluding carboxylic acids is 1. The van der Waals surface area contributed by atoms with Crippen molar-refractivity contribution in [2.75, 3.05) is 44.2 Å². The van der Waals surface area contributed by atoms with Gasteiger partial charge in [-0.1, -0.05) is 0 Å². The van der Waals surface area contributed by atoms with Gasteiger partial charge < -0.3 is 20.0 Å². The molecule has 1 saturated carbocycles. The fraction of sp³-hybridized carbons (Fsp3) is 0.606. The number of nitrogens with one attached hydrogen (secondary N) is 1. The molecule has 1 aliphatic carbocycles. The molecule has 1 amide bonds. The molecular formula is C33H42F2N8O. The van der Waals surface area contributed by atoms with Crippen LogP contribution in [0.15, 0.2) is 24.5 Å². The molecule has 9 nitrogen and oxygen atoms in total. The number of halogens is 2. The van der Waals surface area contributed by atoms with Gasteiger partial charge in [-0.05, 0) is 67.2 Å². The van der Waals surface area contributed by atoms with Crippen molar-refractivity contribution in [2.45, 2.75) is 76.9 Å². The molecule has 8 rings (SSSR count). The summed E-state index contributed by atoms with van der Waals surface area (Å²) in [5, 5.41) is 13.0. The van der Waals surface area contributed by atoms with Gasteiger partial charge in [0.05, 0.1) is 18.8 Å². The number of aryl methyl sites for hydroxylation is 2. The number of rotatable bonds is 5. The zero-order valence-electron chi connectivity index (χ0n) is 25.7. The summed E-state index contributed by atoms with van der Waals surface area (Å²) < 4.78 is 33.0. The van der Waals surface area contributed by atoms with Crippen molar-refractivity contribution in [3.8, 4) is 11.1 Å². The minimum Gasteiger partial charge on any atom is -0.338 e. The molecule has 0 radical (unpaired) electrons. The molecule has 2 aromatic heterocycles. The average molecular weight is 605 g/mol. The second-order valence-corrected chi connectivity index (χ2v) is 13.8. The fourth-order valence-electron chi connectivity index (χ4n) is 8.54. The summed E-state index contributed by atoms with van der Waals surface area (Å²) in [6.45, 7) is 8.07. The van der Waals surface area contributed by atoms with Crippen LogP contribution in [0.1, 0.15) is 73.9 Å². The van der Waals surface area contributed by atoms with Crippen molar-refractivity contribution in [3.63, 3.8) is 0 Å². The molecule has 2 saturated heterocycles. The first-order valence-electron chi connectivity index (χ1n) is 16.3. The summed E-state index contributed by atoms with van der Waals surface area (Å²) in [7, 11) is 1.80. The van der Waals surface area contributed by atoms with Crippen LogP contribution in [0.25, 0.3) is 11.1 Å². The lowest BCUT2D eigenvalue weighted by molar-refractivity contribution is -0.129. The highest BCUT2D eigenvalue weighted by Crippen LogP contribution is 2.48. The molecule has 0 atom stereocenters. The summed E-state index contributed by atoms with van der Waals surface area (Å²) in [5.41, 5.74) is 6.00. The normalized spacial score (nSPS) is 22.2. The highest BCUT2D eigenvalue weighted by Gasteiger charge is 2.50. The van der Waals surface area contributed by atoms with Gasteiger partial charge in [-0.15, -0.1) is 0 Å². The number of hydrogen-bond acceptors (Lipinski definition) is 6. The molecule has 6 heterocycles. The third kappa shape index (κ3) is 4.65. The standard InChI is InChI=1S/C33H42F2N8O/c1-21(44)41-11-7-29-28(18-41)32(38-43(29)24-5-9-40(10-6-24)25-14-33(15-25)19-36-20-33)42-8-3-4-22-12-26(23-16-37-39(2)17-23)27(31(34)35)13-30(22)42/h12-13,16-17,24-25,31,36H,3-11,14-15,18-20H2,1-2H3. The number of hydrogen-bond donors (Lipinski definition) is 1. The molecule has 3 aromatic rings. The van der Waals surface area contributed by atoms with E-state index in [1.807, 2.05) is 11.0 Å². The Morgan fingerprint density at radius 1 is 1.07 bits per heavy atom. The Morgan fingerprint density at radius 3 is 2.52 bits per heavy atom. The van der Waals surface area contributed by atoms with Crippen LogP contribution in [-0.2, 0) is 31.2 Å². The van der Waals surface area contributed by atoms with Gasteiger partial charge in [0.15, 0.2) is 5.82 Å². The number of nitrogens with zero attached hydrogens (tertiary/aromatic N) is 7. The SMILES string of the molecule is CC(=O)N1CCc2c(c(N3CCCc4cc(-c5cnn(C)c5)c(C(F)F)cc43)nn2C2CCN(C3CC4(CNC4)C3)CC2)C1. The number of fused-ring (bicyclic) bond motifs is 2. The number of anilines is 2. The molecular weight excluding hydrogens is 562 g/mol.